The van der Waals surface area contributed by atoms with E-state index in [-0.39, 0.29) is 34.5 Å². The van der Waals surface area contributed by atoms with Crippen molar-refractivity contribution in [2.24, 2.45) is 0 Å². The first-order valence-electron chi connectivity index (χ1n) is 8.36. The van der Waals surface area contributed by atoms with Gasteiger partial charge in [-0.1, -0.05) is 6.07 Å². The average molecular weight is 402 g/mol. The molecule has 3 N–H and O–H groups in total. The third kappa shape index (κ3) is 4.26. The van der Waals surface area contributed by atoms with Crippen LogP contribution in [0, 0.1) is 28.7 Å². The zero-order valence-corrected chi connectivity index (χ0v) is 14.8. The molecule has 0 aliphatic carbocycles. The number of benzene rings is 3. The second kappa shape index (κ2) is 8.14. The second-order valence-corrected chi connectivity index (χ2v) is 6.13. The van der Waals surface area contributed by atoms with Crippen LogP contribution in [0.5, 0.6) is 0 Å². The van der Waals surface area contributed by atoms with Crippen LogP contribution < -0.4 is 5.32 Å². The van der Waals surface area contributed by atoms with Gasteiger partial charge < -0.3 is 10.4 Å². The SMILES string of the molecule is N=C(c1ccc(C(=O)O)cc1F)c1c(F)cccc1NCc1cc(F)ccc1F. The number of anilines is 1. The lowest BCUT2D eigenvalue weighted by Gasteiger charge is -2.15. The smallest absolute Gasteiger partial charge is 0.335 e. The van der Waals surface area contributed by atoms with Crippen LogP contribution in [0.2, 0.25) is 0 Å². The summed E-state index contributed by atoms with van der Waals surface area (Å²) >= 11 is 0. The Balaban J connectivity index is 1.95. The normalized spacial score (nSPS) is 10.6. The number of carboxylic acid groups (broad SMARTS) is 1. The Labute approximate surface area is 162 Å². The van der Waals surface area contributed by atoms with Gasteiger partial charge in [-0.3, -0.25) is 5.41 Å². The molecule has 0 radical (unpaired) electrons. The summed E-state index contributed by atoms with van der Waals surface area (Å²) in [5, 5.41) is 19.9. The van der Waals surface area contributed by atoms with Gasteiger partial charge in [0.2, 0.25) is 0 Å². The van der Waals surface area contributed by atoms with Gasteiger partial charge in [-0.25, -0.2) is 22.4 Å². The Hall–Kier alpha value is -3.68. The zero-order chi connectivity index (χ0) is 21.1. The fraction of sp³-hybridized carbons (Fsp3) is 0.0476. The van der Waals surface area contributed by atoms with E-state index in [9.17, 15) is 22.4 Å². The Morgan fingerprint density at radius 3 is 2.38 bits per heavy atom. The predicted octanol–water partition coefficient (Wildman–Crippen LogP) is 4.97. The highest BCUT2D eigenvalue weighted by molar-refractivity contribution is 6.14. The number of hydrogen-bond acceptors (Lipinski definition) is 3. The lowest BCUT2D eigenvalue weighted by Crippen LogP contribution is -2.13. The molecule has 0 atom stereocenters. The molecule has 0 heterocycles. The fourth-order valence-corrected chi connectivity index (χ4v) is 2.78. The molecule has 0 aliphatic rings. The number of carbonyl (C=O) groups is 1. The van der Waals surface area contributed by atoms with E-state index in [1.54, 1.807) is 0 Å². The lowest BCUT2D eigenvalue weighted by atomic mass is 9.98. The van der Waals surface area contributed by atoms with Crippen molar-refractivity contribution in [3.05, 3.63) is 100 Å². The highest BCUT2D eigenvalue weighted by Gasteiger charge is 2.19. The number of nitrogens with one attached hydrogen (secondary N) is 2. The van der Waals surface area contributed by atoms with Crippen molar-refractivity contribution < 1.29 is 27.5 Å². The molecule has 0 fully saturated rings. The van der Waals surface area contributed by atoms with Crippen molar-refractivity contribution in [2.75, 3.05) is 5.32 Å². The molecule has 148 valence electrons. The minimum atomic E-state index is -1.34. The lowest BCUT2D eigenvalue weighted by molar-refractivity contribution is 0.0696. The first-order valence-corrected chi connectivity index (χ1v) is 8.36. The molecular formula is C21H14F4N2O2. The number of hydrogen-bond donors (Lipinski definition) is 3. The summed E-state index contributed by atoms with van der Waals surface area (Å²) in [6, 6.07) is 9.65. The molecular weight excluding hydrogens is 388 g/mol. The van der Waals surface area contributed by atoms with Gasteiger partial charge in [-0.05, 0) is 48.5 Å². The summed E-state index contributed by atoms with van der Waals surface area (Å²) in [5.41, 5.74) is -1.37. The van der Waals surface area contributed by atoms with Crippen molar-refractivity contribution >= 4 is 17.4 Å². The number of aromatic carboxylic acids is 1. The Kier molecular flexibility index (Phi) is 5.63. The van der Waals surface area contributed by atoms with Crippen LogP contribution in [-0.4, -0.2) is 16.8 Å². The van der Waals surface area contributed by atoms with Crippen LogP contribution >= 0.6 is 0 Å². The zero-order valence-electron chi connectivity index (χ0n) is 14.8. The predicted molar refractivity (Wildman–Crippen MR) is 99.4 cm³/mol. The van der Waals surface area contributed by atoms with Crippen molar-refractivity contribution in [1.29, 1.82) is 5.41 Å². The molecule has 29 heavy (non-hydrogen) atoms. The van der Waals surface area contributed by atoms with Crippen LogP contribution in [0.25, 0.3) is 0 Å². The van der Waals surface area contributed by atoms with Gasteiger partial charge in [0, 0.05) is 23.4 Å². The first-order chi connectivity index (χ1) is 13.8. The second-order valence-electron chi connectivity index (χ2n) is 6.13. The molecule has 3 aromatic carbocycles. The van der Waals surface area contributed by atoms with Crippen molar-refractivity contribution in [3.63, 3.8) is 0 Å². The van der Waals surface area contributed by atoms with E-state index >= 15 is 0 Å². The molecule has 4 nitrogen and oxygen atoms in total. The van der Waals surface area contributed by atoms with Gasteiger partial charge in [-0.2, -0.15) is 0 Å². The largest absolute Gasteiger partial charge is 0.478 e. The van der Waals surface area contributed by atoms with Gasteiger partial charge in [0.05, 0.1) is 16.8 Å². The highest BCUT2D eigenvalue weighted by Crippen LogP contribution is 2.25. The summed E-state index contributed by atoms with van der Waals surface area (Å²) in [6.45, 7) is -0.201. The summed E-state index contributed by atoms with van der Waals surface area (Å²) in [4.78, 5) is 10.9. The van der Waals surface area contributed by atoms with Gasteiger partial charge in [0.15, 0.2) is 0 Å². The average Bonchev–Trinajstić information content (AvgIpc) is 2.68. The molecule has 8 heteroatoms. The first kappa shape index (κ1) is 20.1. The summed E-state index contributed by atoms with van der Waals surface area (Å²) in [6.07, 6.45) is 0. The third-order valence-electron chi connectivity index (χ3n) is 4.23. The van der Waals surface area contributed by atoms with E-state index < -0.39 is 34.9 Å². The molecule has 0 amide bonds. The van der Waals surface area contributed by atoms with Crippen LogP contribution in [0.3, 0.4) is 0 Å². The maximum Gasteiger partial charge on any atom is 0.335 e. The molecule has 0 saturated heterocycles. The van der Waals surface area contributed by atoms with E-state index in [2.05, 4.69) is 5.32 Å². The van der Waals surface area contributed by atoms with Gasteiger partial charge >= 0.3 is 5.97 Å². The number of halogens is 4. The topological polar surface area (TPSA) is 73.2 Å². The minimum Gasteiger partial charge on any atom is -0.478 e. The van der Waals surface area contributed by atoms with Crippen LogP contribution in [0.15, 0.2) is 54.6 Å². The molecule has 0 saturated carbocycles. The molecule has 0 aromatic heterocycles. The van der Waals surface area contributed by atoms with Crippen molar-refractivity contribution in [1.82, 2.24) is 0 Å². The summed E-state index contributed by atoms with van der Waals surface area (Å²) < 4.78 is 55.9. The van der Waals surface area contributed by atoms with Crippen LogP contribution in [0.1, 0.15) is 27.0 Å². The highest BCUT2D eigenvalue weighted by atomic mass is 19.1. The van der Waals surface area contributed by atoms with Gasteiger partial charge in [-0.15, -0.1) is 0 Å². The Bertz CT molecular complexity index is 1120. The molecule has 0 spiro atoms. The number of carboxylic acids is 1. The van der Waals surface area contributed by atoms with Crippen molar-refractivity contribution in [2.45, 2.75) is 6.54 Å². The summed E-state index contributed by atoms with van der Waals surface area (Å²) in [5.74, 6) is -4.48. The maximum atomic E-state index is 14.5. The van der Waals surface area contributed by atoms with E-state index in [4.69, 9.17) is 10.5 Å². The minimum absolute atomic E-state index is 0.0104. The molecule has 0 aliphatic heterocycles. The Morgan fingerprint density at radius 2 is 1.69 bits per heavy atom. The third-order valence-corrected chi connectivity index (χ3v) is 4.23. The Morgan fingerprint density at radius 1 is 0.931 bits per heavy atom. The van der Waals surface area contributed by atoms with E-state index in [1.165, 1.54) is 12.1 Å². The van der Waals surface area contributed by atoms with Gasteiger partial charge in [0.25, 0.3) is 0 Å². The fourth-order valence-electron chi connectivity index (χ4n) is 2.78. The van der Waals surface area contributed by atoms with Crippen molar-refractivity contribution in [3.8, 4) is 0 Å². The van der Waals surface area contributed by atoms with E-state index in [0.29, 0.717) is 0 Å². The van der Waals surface area contributed by atoms with E-state index in [1.807, 2.05) is 0 Å². The quantitative estimate of drug-likeness (QED) is 0.403. The maximum absolute atomic E-state index is 14.5. The monoisotopic (exact) mass is 402 g/mol. The molecule has 0 bridgehead atoms. The number of rotatable bonds is 6. The molecule has 3 aromatic rings. The van der Waals surface area contributed by atoms with Crippen LogP contribution in [0.4, 0.5) is 23.2 Å². The van der Waals surface area contributed by atoms with Crippen LogP contribution in [-0.2, 0) is 6.54 Å². The van der Waals surface area contributed by atoms with Gasteiger partial charge in [0.1, 0.15) is 23.3 Å². The molecule has 0 unspecified atom stereocenters. The standard InChI is InChI=1S/C21H14F4N2O2/c22-13-5-7-15(23)12(8-13)10-27-18-3-1-2-16(24)19(18)20(26)14-6-4-11(21(28)29)9-17(14)25/h1-9,26-27H,10H2,(H,28,29). The molecule has 3 rings (SSSR count). The summed E-state index contributed by atoms with van der Waals surface area (Å²) in [7, 11) is 0. The van der Waals surface area contributed by atoms with E-state index in [0.717, 1.165) is 42.5 Å².